The quantitative estimate of drug-likeness (QED) is 0.605. The van der Waals surface area contributed by atoms with Gasteiger partial charge in [0.05, 0.1) is 0 Å². The molecule has 0 spiro atoms. The molecular formula is C10H16O2. The molecule has 0 rings (SSSR count). The van der Waals surface area contributed by atoms with E-state index in [4.69, 9.17) is 0 Å². The molecule has 2 nitrogen and oxygen atoms in total. The predicted octanol–water partition coefficient (Wildman–Crippen LogP) is 2.14. The summed E-state index contributed by atoms with van der Waals surface area (Å²) in [5, 5.41) is 0. The lowest BCUT2D eigenvalue weighted by molar-refractivity contribution is -0.122. The van der Waals surface area contributed by atoms with E-state index < -0.39 is 0 Å². The highest BCUT2D eigenvalue weighted by Crippen LogP contribution is 2.14. The highest BCUT2D eigenvalue weighted by Gasteiger charge is 2.17. The zero-order valence-electron chi connectivity index (χ0n) is 8.18. The van der Waals surface area contributed by atoms with E-state index in [0.29, 0.717) is 6.42 Å². The van der Waals surface area contributed by atoms with Crippen LogP contribution in [0, 0.1) is 5.41 Å². The van der Waals surface area contributed by atoms with Crippen molar-refractivity contribution in [1.29, 1.82) is 0 Å². The van der Waals surface area contributed by atoms with Gasteiger partial charge in [-0.2, -0.15) is 0 Å². The van der Waals surface area contributed by atoms with Gasteiger partial charge in [-0.05, 0) is 12.2 Å². The summed E-state index contributed by atoms with van der Waals surface area (Å²) in [5.41, 5.74) is -0.384. The molecule has 0 unspecified atom stereocenters. The number of rotatable bonds is 3. The van der Waals surface area contributed by atoms with Crippen LogP contribution in [0.1, 0.15) is 34.1 Å². The maximum Gasteiger partial charge on any atom is 0.161 e. The summed E-state index contributed by atoms with van der Waals surface area (Å²) >= 11 is 0. The largest absolute Gasteiger partial charge is 0.295 e. The average molecular weight is 168 g/mol. The van der Waals surface area contributed by atoms with Crippen LogP contribution in [-0.4, -0.2) is 11.6 Å². The molecule has 0 saturated heterocycles. The van der Waals surface area contributed by atoms with Crippen LogP contribution in [0.2, 0.25) is 0 Å². The van der Waals surface area contributed by atoms with Crippen LogP contribution in [0.3, 0.4) is 0 Å². The van der Waals surface area contributed by atoms with E-state index in [-0.39, 0.29) is 17.0 Å². The van der Waals surface area contributed by atoms with E-state index in [1.807, 2.05) is 20.8 Å². The summed E-state index contributed by atoms with van der Waals surface area (Å²) in [6, 6.07) is 0. The number of hydrogen-bond acceptors (Lipinski definition) is 2. The summed E-state index contributed by atoms with van der Waals surface area (Å²) in [6.45, 7) is 7.26. The van der Waals surface area contributed by atoms with E-state index in [1.165, 1.54) is 12.2 Å². The van der Waals surface area contributed by atoms with Crippen LogP contribution in [0.15, 0.2) is 12.2 Å². The number of ketones is 2. The Bertz CT molecular complexity index is 206. The van der Waals surface area contributed by atoms with Crippen LogP contribution in [0.4, 0.5) is 0 Å². The minimum atomic E-state index is -0.384. The molecule has 0 bridgehead atoms. The molecule has 0 N–H and O–H groups in total. The van der Waals surface area contributed by atoms with Crippen LogP contribution in [-0.2, 0) is 9.59 Å². The summed E-state index contributed by atoms with van der Waals surface area (Å²) in [6.07, 6.45) is 3.17. The van der Waals surface area contributed by atoms with E-state index in [2.05, 4.69) is 0 Å². The van der Waals surface area contributed by atoms with Gasteiger partial charge in [0.2, 0.25) is 0 Å². The Morgan fingerprint density at radius 3 is 2.00 bits per heavy atom. The van der Waals surface area contributed by atoms with Crippen molar-refractivity contribution in [2.45, 2.75) is 34.1 Å². The first-order valence-corrected chi connectivity index (χ1v) is 4.13. The van der Waals surface area contributed by atoms with Crippen LogP contribution >= 0.6 is 0 Å². The summed E-state index contributed by atoms with van der Waals surface area (Å²) in [7, 11) is 0. The molecule has 0 amide bonds. The van der Waals surface area contributed by atoms with E-state index in [0.717, 1.165) is 0 Å². The van der Waals surface area contributed by atoms with Crippen molar-refractivity contribution in [3.05, 3.63) is 12.2 Å². The van der Waals surface area contributed by atoms with Crippen LogP contribution in [0.25, 0.3) is 0 Å². The fraction of sp³-hybridized carbons (Fsp3) is 0.600. The second-order valence-corrected chi connectivity index (χ2v) is 3.77. The lowest BCUT2D eigenvalue weighted by Crippen LogP contribution is -2.17. The molecular weight excluding hydrogens is 152 g/mol. The first-order chi connectivity index (χ1) is 5.38. The topological polar surface area (TPSA) is 34.1 Å². The first-order valence-electron chi connectivity index (χ1n) is 4.13. The van der Waals surface area contributed by atoms with Gasteiger partial charge in [-0.3, -0.25) is 9.59 Å². The average Bonchev–Trinajstić information content (AvgIpc) is 1.97. The van der Waals surface area contributed by atoms with Crippen molar-refractivity contribution in [3.8, 4) is 0 Å². The monoisotopic (exact) mass is 168 g/mol. The van der Waals surface area contributed by atoms with Gasteiger partial charge < -0.3 is 0 Å². The second kappa shape index (κ2) is 4.19. The minimum absolute atomic E-state index is 0.00685. The van der Waals surface area contributed by atoms with Crippen molar-refractivity contribution >= 4 is 11.6 Å². The Balaban J connectivity index is 4.19. The van der Waals surface area contributed by atoms with Gasteiger partial charge >= 0.3 is 0 Å². The highest BCUT2D eigenvalue weighted by molar-refractivity contribution is 6.00. The number of carbonyl (C=O) groups excluding carboxylic acids is 2. The van der Waals surface area contributed by atoms with Crippen molar-refractivity contribution in [3.63, 3.8) is 0 Å². The van der Waals surface area contributed by atoms with Gasteiger partial charge in [0, 0.05) is 11.8 Å². The molecule has 68 valence electrons. The Labute approximate surface area is 73.7 Å². The molecule has 0 heterocycles. The van der Waals surface area contributed by atoms with Crippen molar-refractivity contribution < 1.29 is 9.59 Å². The van der Waals surface area contributed by atoms with E-state index in [1.54, 1.807) is 6.92 Å². The van der Waals surface area contributed by atoms with Gasteiger partial charge in [0.15, 0.2) is 11.6 Å². The fourth-order valence-corrected chi connectivity index (χ4v) is 0.536. The SMILES string of the molecule is CCC(=O)/C=C/C(=O)C(C)(C)C. The summed E-state index contributed by atoms with van der Waals surface area (Å²) in [4.78, 5) is 22.1. The maximum atomic E-state index is 11.2. The minimum Gasteiger partial charge on any atom is -0.295 e. The highest BCUT2D eigenvalue weighted by atomic mass is 16.1. The molecule has 0 aliphatic rings. The number of allylic oxidation sites excluding steroid dienone is 2. The third-order valence-corrected chi connectivity index (χ3v) is 1.51. The molecule has 12 heavy (non-hydrogen) atoms. The third-order valence-electron chi connectivity index (χ3n) is 1.51. The summed E-state index contributed by atoms with van der Waals surface area (Å²) < 4.78 is 0. The lowest BCUT2D eigenvalue weighted by Gasteiger charge is -2.12. The summed E-state index contributed by atoms with van der Waals surface area (Å²) in [5.74, 6) is -0.0168. The van der Waals surface area contributed by atoms with Gasteiger partial charge in [0.25, 0.3) is 0 Å². The Morgan fingerprint density at radius 1 is 1.17 bits per heavy atom. The van der Waals surface area contributed by atoms with Gasteiger partial charge in [-0.25, -0.2) is 0 Å². The zero-order valence-corrected chi connectivity index (χ0v) is 8.18. The van der Waals surface area contributed by atoms with E-state index in [9.17, 15) is 9.59 Å². The first kappa shape index (κ1) is 11.1. The van der Waals surface area contributed by atoms with Crippen LogP contribution in [0.5, 0.6) is 0 Å². The van der Waals surface area contributed by atoms with Crippen molar-refractivity contribution in [1.82, 2.24) is 0 Å². The smallest absolute Gasteiger partial charge is 0.161 e. The van der Waals surface area contributed by atoms with Crippen LogP contribution < -0.4 is 0 Å². The van der Waals surface area contributed by atoms with Gasteiger partial charge in [-0.1, -0.05) is 27.7 Å². The molecule has 0 saturated carbocycles. The lowest BCUT2D eigenvalue weighted by atomic mass is 9.90. The predicted molar refractivity (Wildman–Crippen MR) is 48.9 cm³/mol. The molecule has 0 aromatic heterocycles. The Kier molecular flexibility index (Phi) is 3.87. The normalized spacial score (nSPS) is 12.0. The molecule has 2 heteroatoms. The molecule has 0 radical (unpaired) electrons. The third kappa shape index (κ3) is 4.06. The van der Waals surface area contributed by atoms with Crippen molar-refractivity contribution in [2.24, 2.45) is 5.41 Å². The standard InChI is InChI=1S/C10H16O2/c1-5-8(11)6-7-9(12)10(2,3)4/h6-7H,5H2,1-4H3/b7-6+. The fourth-order valence-electron chi connectivity index (χ4n) is 0.536. The Hall–Kier alpha value is -0.920. The molecule has 0 aromatic carbocycles. The molecule has 0 aromatic rings. The number of hydrogen-bond donors (Lipinski definition) is 0. The van der Waals surface area contributed by atoms with Crippen molar-refractivity contribution in [2.75, 3.05) is 0 Å². The molecule has 0 fully saturated rings. The van der Waals surface area contributed by atoms with Gasteiger partial charge in [-0.15, -0.1) is 0 Å². The molecule has 0 aliphatic heterocycles. The second-order valence-electron chi connectivity index (χ2n) is 3.77. The Morgan fingerprint density at radius 2 is 1.67 bits per heavy atom. The van der Waals surface area contributed by atoms with Gasteiger partial charge in [0.1, 0.15) is 0 Å². The molecule has 0 atom stereocenters. The van der Waals surface area contributed by atoms with E-state index >= 15 is 0 Å². The molecule has 0 aliphatic carbocycles. The maximum absolute atomic E-state index is 11.2. The number of carbonyl (C=O) groups is 2. The zero-order chi connectivity index (χ0) is 9.78.